The molecule has 2 unspecified atom stereocenters. The molecule has 2 atom stereocenters. The molecule has 0 heterocycles. The Morgan fingerprint density at radius 1 is 1.56 bits per heavy atom. The first-order chi connectivity index (χ1) is 4.36. The van der Waals surface area contributed by atoms with E-state index in [4.69, 9.17) is 0 Å². The van der Waals surface area contributed by atoms with Gasteiger partial charge in [-0.2, -0.15) is 0 Å². The van der Waals surface area contributed by atoms with Crippen LogP contribution in [-0.2, 0) is 0 Å². The Morgan fingerprint density at radius 2 is 2.44 bits per heavy atom. The molecule has 0 amide bonds. The van der Waals surface area contributed by atoms with Gasteiger partial charge in [-0.05, 0) is 29.9 Å². The highest BCUT2D eigenvalue weighted by atomic mass is 14.5. The molecule has 9 heavy (non-hydrogen) atoms. The van der Waals surface area contributed by atoms with Gasteiger partial charge in [-0.25, -0.2) is 0 Å². The van der Waals surface area contributed by atoms with Crippen molar-refractivity contribution in [2.75, 3.05) is 0 Å². The Morgan fingerprint density at radius 3 is 3.00 bits per heavy atom. The maximum absolute atomic E-state index is 2.47. The number of allylic oxidation sites excluding steroid dienone is 4. The van der Waals surface area contributed by atoms with Crippen LogP contribution in [0.3, 0.4) is 0 Å². The van der Waals surface area contributed by atoms with E-state index < -0.39 is 0 Å². The highest BCUT2D eigenvalue weighted by Crippen LogP contribution is 2.58. The third-order valence-corrected chi connectivity index (χ3v) is 3.03. The van der Waals surface area contributed by atoms with Crippen LogP contribution in [0.4, 0.5) is 0 Å². The minimum atomic E-state index is 0.906. The largest absolute Gasteiger partial charge is 0.0729 e. The molecule has 0 spiro atoms. The van der Waals surface area contributed by atoms with Crippen LogP contribution >= 0.6 is 0 Å². The van der Waals surface area contributed by atoms with Crippen molar-refractivity contribution in [2.24, 2.45) is 11.8 Å². The predicted molar refractivity (Wildman–Crippen MR) is 37.0 cm³/mol. The van der Waals surface area contributed by atoms with Gasteiger partial charge in [-0.15, -0.1) is 0 Å². The van der Waals surface area contributed by atoms with Crippen molar-refractivity contribution >= 4 is 0 Å². The van der Waals surface area contributed by atoms with E-state index in [1.54, 1.807) is 16.7 Å². The monoisotopic (exact) mass is 118 g/mol. The summed E-state index contributed by atoms with van der Waals surface area (Å²) in [5, 5.41) is 0. The molecular weight excluding hydrogens is 108 g/mol. The molecule has 0 aromatic rings. The summed E-state index contributed by atoms with van der Waals surface area (Å²) in [4.78, 5) is 0. The third-order valence-electron chi connectivity index (χ3n) is 3.03. The van der Waals surface area contributed by atoms with E-state index in [1.165, 1.54) is 12.8 Å². The third kappa shape index (κ3) is 0.297. The minimum absolute atomic E-state index is 0.906. The number of rotatable bonds is 0. The van der Waals surface area contributed by atoms with Crippen molar-refractivity contribution in [3.8, 4) is 0 Å². The van der Waals surface area contributed by atoms with Crippen LogP contribution in [0.5, 0.6) is 0 Å². The lowest BCUT2D eigenvalue weighted by Gasteiger charge is -2.34. The molecule has 0 heteroatoms. The topological polar surface area (TPSA) is 0 Å². The predicted octanol–water partition coefficient (Wildman–Crippen LogP) is 2.28. The average molecular weight is 118 g/mol. The molecule has 46 valence electrons. The van der Waals surface area contributed by atoms with Gasteiger partial charge in [-0.3, -0.25) is 0 Å². The summed E-state index contributed by atoms with van der Waals surface area (Å²) in [5.41, 5.74) is 5.23. The van der Waals surface area contributed by atoms with E-state index in [1.807, 2.05) is 0 Å². The Balaban J connectivity index is 2.18. The van der Waals surface area contributed by atoms with Gasteiger partial charge in [0.05, 0.1) is 0 Å². The van der Waals surface area contributed by atoms with Crippen molar-refractivity contribution < 1.29 is 0 Å². The summed E-state index contributed by atoms with van der Waals surface area (Å²) < 4.78 is 0. The Kier molecular flexibility index (Phi) is 0.493. The van der Waals surface area contributed by atoms with Crippen molar-refractivity contribution in [1.82, 2.24) is 0 Å². The molecule has 0 nitrogen and oxygen atoms in total. The maximum Gasteiger partial charge on any atom is 0.00551 e. The summed E-state index contributed by atoms with van der Waals surface area (Å²) in [6.07, 6.45) is 5.21. The second-order valence-electron chi connectivity index (χ2n) is 3.59. The highest BCUT2D eigenvalue weighted by Gasteiger charge is 2.44. The van der Waals surface area contributed by atoms with Crippen LogP contribution in [0.2, 0.25) is 0 Å². The molecule has 0 N–H and O–H groups in total. The lowest BCUT2D eigenvalue weighted by atomic mass is 9.70. The van der Waals surface area contributed by atoms with E-state index in [-0.39, 0.29) is 0 Å². The van der Waals surface area contributed by atoms with E-state index in [2.05, 4.69) is 13.0 Å². The van der Waals surface area contributed by atoms with Gasteiger partial charge in [0.1, 0.15) is 0 Å². The van der Waals surface area contributed by atoms with Crippen LogP contribution < -0.4 is 0 Å². The quantitative estimate of drug-likeness (QED) is 0.457. The standard InChI is InChI=1S/C9H10/c1-5-2-6-3-7-4-8(5)9(6)7/h4-5,8H,2-3H2,1H3. The van der Waals surface area contributed by atoms with E-state index >= 15 is 0 Å². The fourth-order valence-electron chi connectivity index (χ4n) is 2.49. The van der Waals surface area contributed by atoms with Crippen molar-refractivity contribution in [2.45, 2.75) is 19.8 Å². The smallest absolute Gasteiger partial charge is 0.00551 e. The lowest BCUT2D eigenvalue weighted by Crippen LogP contribution is -2.20. The van der Waals surface area contributed by atoms with Gasteiger partial charge in [-0.1, -0.05) is 18.6 Å². The van der Waals surface area contributed by atoms with Crippen LogP contribution in [0.25, 0.3) is 0 Å². The second kappa shape index (κ2) is 1.03. The molecule has 0 radical (unpaired) electrons. The number of hydrogen-bond acceptors (Lipinski definition) is 0. The van der Waals surface area contributed by atoms with Crippen LogP contribution in [0.1, 0.15) is 19.8 Å². The van der Waals surface area contributed by atoms with E-state index in [9.17, 15) is 0 Å². The van der Waals surface area contributed by atoms with Crippen LogP contribution in [0, 0.1) is 11.8 Å². The molecule has 0 saturated carbocycles. The zero-order valence-corrected chi connectivity index (χ0v) is 5.65. The Labute approximate surface area is 55.3 Å². The molecule has 3 aliphatic carbocycles. The second-order valence-corrected chi connectivity index (χ2v) is 3.59. The van der Waals surface area contributed by atoms with Crippen molar-refractivity contribution in [1.29, 1.82) is 0 Å². The zero-order valence-electron chi connectivity index (χ0n) is 5.65. The van der Waals surface area contributed by atoms with Gasteiger partial charge < -0.3 is 0 Å². The van der Waals surface area contributed by atoms with Gasteiger partial charge in [0.2, 0.25) is 0 Å². The van der Waals surface area contributed by atoms with Crippen LogP contribution in [-0.4, -0.2) is 0 Å². The molecule has 0 bridgehead atoms. The molecular formula is C9H10. The first-order valence-corrected chi connectivity index (χ1v) is 3.79. The summed E-state index contributed by atoms with van der Waals surface area (Å²) in [6.45, 7) is 2.37. The average Bonchev–Trinajstić information content (AvgIpc) is 2.01. The maximum atomic E-state index is 2.47. The van der Waals surface area contributed by atoms with E-state index in [0.717, 1.165) is 11.8 Å². The van der Waals surface area contributed by atoms with Gasteiger partial charge in [0, 0.05) is 5.92 Å². The van der Waals surface area contributed by atoms with Crippen LogP contribution in [0.15, 0.2) is 22.8 Å². The Bertz CT molecular complexity index is 243. The van der Waals surface area contributed by atoms with Gasteiger partial charge >= 0.3 is 0 Å². The van der Waals surface area contributed by atoms with E-state index in [0.29, 0.717) is 0 Å². The fourth-order valence-corrected chi connectivity index (χ4v) is 2.49. The molecule has 0 fully saturated rings. The molecule has 3 aliphatic rings. The molecule has 0 aromatic carbocycles. The summed E-state index contributed by atoms with van der Waals surface area (Å²) >= 11 is 0. The summed E-state index contributed by atoms with van der Waals surface area (Å²) in [5.74, 6) is 1.85. The van der Waals surface area contributed by atoms with Crippen molar-refractivity contribution in [3.63, 3.8) is 0 Å². The lowest BCUT2D eigenvalue weighted by molar-refractivity contribution is 0.511. The SMILES string of the molecule is CC1CC2=C3C(=CC31)C2. The van der Waals surface area contributed by atoms with Gasteiger partial charge in [0.15, 0.2) is 0 Å². The first kappa shape index (κ1) is 4.32. The first-order valence-electron chi connectivity index (χ1n) is 3.79. The molecule has 0 aliphatic heterocycles. The fraction of sp³-hybridized carbons (Fsp3) is 0.556. The zero-order chi connectivity index (χ0) is 6.01. The molecule has 3 rings (SSSR count). The number of hydrogen-bond donors (Lipinski definition) is 0. The van der Waals surface area contributed by atoms with Gasteiger partial charge in [0.25, 0.3) is 0 Å². The molecule has 0 aromatic heterocycles. The highest BCUT2D eigenvalue weighted by molar-refractivity contribution is 5.62. The summed E-state index contributed by atoms with van der Waals surface area (Å²) in [7, 11) is 0. The minimum Gasteiger partial charge on any atom is -0.0729 e. The Hall–Kier alpha value is -0.520. The molecule has 0 saturated heterocycles. The van der Waals surface area contributed by atoms with Crippen molar-refractivity contribution in [3.05, 3.63) is 22.8 Å². The normalized spacial score (nSPS) is 43.4. The summed E-state index contributed by atoms with van der Waals surface area (Å²) in [6, 6.07) is 0.